The third-order valence-electron chi connectivity index (χ3n) is 11.1. The van der Waals surface area contributed by atoms with Gasteiger partial charge in [0.15, 0.2) is 0 Å². The molecule has 4 rings (SSSR count). The van der Waals surface area contributed by atoms with Crippen LogP contribution in [-0.2, 0) is 54.5 Å². The van der Waals surface area contributed by atoms with Gasteiger partial charge in [0.25, 0.3) is 11.8 Å². The molecule has 0 unspecified atom stereocenters. The summed E-state index contributed by atoms with van der Waals surface area (Å²) in [5, 5.41) is 25.0. The summed E-state index contributed by atoms with van der Waals surface area (Å²) < 4.78 is 31.7. The number of nitrogens with zero attached hydrogens (tertiary/aromatic N) is 3. The molecular formula is C48H60F2N10O11. The zero-order valence-electron chi connectivity index (χ0n) is 40.2. The van der Waals surface area contributed by atoms with Crippen molar-refractivity contribution in [2.45, 2.75) is 91.1 Å². The number of aromatic nitrogens is 1. The highest BCUT2D eigenvalue weighted by Gasteiger charge is 2.39. The topological polar surface area (TPSA) is 301 Å². The SMILES string of the molecule is CC(=O)N[C@@H](C)C(=O)N[C@@H](C)C(=O)N[C@@H](CC(N)=O)C(=O)N[C@@H](CCN(C(=O)CO)[C@@H](c1cc(-c2cc(F)ccc2F)cn1Cc1ccccc1)C(C)(C)C)C(=O)NCCNC(=O)CN1C(=O)C=CC1=O. The van der Waals surface area contributed by atoms with Gasteiger partial charge in [-0.15, -0.1) is 0 Å². The molecule has 71 heavy (non-hydrogen) atoms. The van der Waals surface area contributed by atoms with Gasteiger partial charge in [0, 0.05) is 68.3 Å². The van der Waals surface area contributed by atoms with E-state index in [0.29, 0.717) is 10.6 Å². The number of carbonyl (C=O) groups is 10. The summed E-state index contributed by atoms with van der Waals surface area (Å²) in [6.07, 6.45) is 2.43. The van der Waals surface area contributed by atoms with Crippen LogP contribution in [-0.4, -0.2) is 135 Å². The fourth-order valence-electron chi connectivity index (χ4n) is 7.69. The average molecular weight is 991 g/mol. The van der Waals surface area contributed by atoms with E-state index in [-0.39, 0.29) is 37.3 Å². The summed E-state index contributed by atoms with van der Waals surface area (Å²) in [6.45, 7) is 6.92. The number of rotatable bonds is 24. The van der Waals surface area contributed by atoms with Crippen LogP contribution < -0.4 is 37.6 Å². The Bertz CT molecular complexity index is 2510. The minimum absolute atomic E-state index is 0.0645. The third kappa shape index (κ3) is 16.1. The third-order valence-corrected chi connectivity index (χ3v) is 11.1. The predicted octanol–water partition coefficient (Wildman–Crippen LogP) is -0.188. The van der Waals surface area contributed by atoms with E-state index >= 15 is 4.39 Å². The number of halogens is 2. The fraction of sp³-hybridized carbons (Fsp3) is 0.417. The van der Waals surface area contributed by atoms with E-state index in [0.717, 1.165) is 35.9 Å². The Balaban J connectivity index is 1.68. The number of hydrogen-bond donors (Lipinski definition) is 8. The molecule has 5 atom stereocenters. The molecule has 9 N–H and O–H groups in total. The average Bonchev–Trinajstić information content (AvgIpc) is 3.85. The van der Waals surface area contributed by atoms with Crippen molar-refractivity contribution in [1.82, 2.24) is 46.3 Å². The molecule has 0 saturated carbocycles. The highest BCUT2D eigenvalue weighted by molar-refractivity contribution is 6.14. The lowest BCUT2D eigenvalue weighted by molar-refractivity contribution is -0.141. The van der Waals surface area contributed by atoms with E-state index in [4.69, 9.17) is 5.73 Å². The molecule has 0 radical (unpaired) electrons. The maximum atomic E-state index is 15.3. The van der Waals surface area contributed by atoms with Crippen molar-refractivity contribution in [2.24, 2.45) is 11.1 Å². The van der Waals surface area contributed by atoms with E-state index in [2.05, 4.69) is 31.9 Å². The second-order valence-corrected chi connectivity index (χ2v) is 17.9. The van der Waals surface area contributed by atoms with Crippen molar-refractivity contribution < 1.29 is 61.8 Å². The van der Waals surface area contributed by atoms with Gasteiger partial charge < -0.3 is 52.2 Å². The molecule has 21 nitrogen and oxygen atoms in total. The summed E-state index contributed by atoms with van der Waals surface area (Å²) in [5.74, 6) is -9.61. The van der Waals surface area contributed by atoms with Gasteiger partial charge >= 0.3 is 0 Å². The maximum Gasteiger partial charge on any atom is 0.254 e. The lowest BCUT2D eigenvalue weighted by Crippen LogP contribution is -2.58. The Morgan fingerprint density at radius 1 is 0.775 bits per heavy atom. The molecule has 0 spiro atoms. The summed E-state index contributed by atoms with van der Waals surface area (Å²) >= 11 is 0. The van der Waals surface area contributed by atoms with Crippen LogP contribution in [0.25, 0.3) is 11.1 Å². The molecule has 1 aliphatic heterocycles. The maximum absolute atomic E-state index is 15.3. The van der Waals surface area contributed by atoms with Crippen LogP contribution >= 0.6 is 0 Å². The second kappa shape index (κ2) is 25.2. The molecule has 1 aliphatic rings. The first-order valence-electron chi connectivity index (χ1n) is 22.5. The fourth-order valence-corrected chi connectivity index (χ4v) is 7.69. The van der Waals surface area contributed by atoms with Crippen LogP contribution in [0.5, 0.6) is 0 Å². The molecule has 1 aromatic heterocycles. The first-order chi connectivity index (χ1) is 33.4. The minimum atomic E-state index is -1.73. The van der Waals surface area contributed by atoms with Gasteiger partial charge in [0.05, 0.1) is 12.5 Å². The second-order valence-electron chi connectivity index (χ2n) is 17.9. The molecule has 0 saturated heterocycles. The van der Waals surface area contributed by atoms with Gasteiger partial charge in [0.2, 0.25) is 47.3 Å². The number of hydrogen-bond acceptors (Lipinski definition) is 11. The van der Waals surface area contributed by atoms with Crippen LogP contribution in [0.3, 0.4) is 0 Å². The number of benzene rings is 2. The zero-order valence-corrected chi connectivity index (χ0v) is 40.2. The van der Waals surface area contributed by atoms with Gasteiger partial charge in [-0.05, 0) is 55.5 Å². The predicted molar refractivity (Wildman–Crippen MR) is 251 cm³/mol. The Morgan fingerprint density at radius 3 is 1.99 bits per heavy atom. The van der Waals surface area contributed by atoms with Gasteiger partial charge in [-0.25, -0.2) is 8.78 Å². The monoisotopic (exact) mass is 990 g/mol. The first kappa shape index (κ1) is 55.8. The van der Waals surface area contributed by atoms with Crippen LogP contribution in [0.2, 0.25) is 0 Å². The molecule has 0 bridgehead atoms. The number of aliphatic hydroxyl groups excluding tert-OH is 1. The standard InChI is InChI=1S/C48H60F2N10O11/c1-27(54-29(3)62)44(68)55-28(2)45(69)57-36(22-38(51)63)47(71)56-35(46(70)53-18-17-52-39(64)25-60-40(65)14-15-41(60)66)16-19-59(42(67)26-61)43(48(4,5)6)37-20-31(33-21-32(49)12-13-34(33)50)24-58(37)23-30-10-8-7-9-11-30/h7-15,20-21,24,27-28,35-36,43,61H,16-19,22-23,25-26H2,1-6H3,(H2,51,63)(H,52,64)(H,53,70)(H,54,62)(H,55,68)(H,56,71)(H,57,69)/t27-,28-,35-,36-,43-/m0/s1. The lowest BCUT2D eigenvalue weighted by atomic mass is 9.82. The van der Waals surface area contributed by atoms with Crippen molar-refractivity contribution in [2.75, 3.05) is 32.8 Å². The normalized spacial score (nSPS) is 14.4. The van der Waals surface area contributed by atoms with Gasteiger partial charge in [-0.3, -0.25) is 52.8 Å². The first-order valence-corrected chi connectivity index (χ1v) is 22.5. The number of nitrogens with one attached hydrogen (secondary N) is 6. The smallest absolute Gasteiger partial charge is 0.254 e. The summed E-state index contributed by atoms with van der Waals surface area (Å²) in [4.78, 5) is 130. The number of aliphatic hydroxyl groups is 1. The van der Waals surface area contributed by atoms with Crippen molar-refractivity contribution in [3.63, 3.8) is 0 Å². The van der Waals surface area contributed by atoms with Crippen molar-refractivity contribution in [3.05, 3.63) is 95.8 Å². The number of amides is 10. The van der Waals surface area contributed by atoms with Crippen molar-refractivity contribution >= 4 is 59.1 Å². The molecule has 0 fully saturated rings. The quantitative estimate of drug-likeness (QED) is 0.0430. The number of primary amides is 1. The summed E-state index contributed by atoms with van der Waals surface area (Å²) in [5.41, 5.74) is 6.00. The molecule has 2 aromatic carbocycles. The lowest BCUT2D eigenvalue weighted by Gasteiger charge is -2.41. The van der Waals surface area contributed by atoms with Crippen molar-refractivity contribution in [3.8, 4) is 11.1 Å². The van der Waals surface area contributed by atoms with Crippen LogP contribution in [0.4, 0.5) is 8.78 Å². The van der Waals surface area contributed by atoms with Gasteiger partial charge in [-0.1, -0.05) is 51.1 Å². The molecule has 3 aromatic rings. The van der Waals surface area contributed by atoms with Crippen molar-refractivity contribution in [1.29, 1.82) is 0 Å². The largest absolute Gasteiger partial charge is 0.387 e. The number of imide groups is 1. The molecule has 0 aliphatic carbocycles. The van der Waals surface area contributed by atoms with E-state index in [1.165, 1.54) is 25.7 Å². The summed E-state index contributed by atoms with van der Waals surface area (Å²) in [6, 6.07) is 7.08. The van der Waals surface area contributed by atoms with E-state index in [1.807, 2.05) is 30.3 Å². The Labute approximate surface area is 408 Å². The summed E-state index contributed by atoms with van der Waals surface area (Å²) in [7, 11) is 0. The highest BCUT2D eigenvalue weighted by atomic mass is 19.1. The molecule has 23 heteroatoms. The molecular weight excluding hydrogens is 931 g/mol. The van der Waals surface area contributed by atoms with Crippen LogP contribution in [0, 0.1) is 17.0 Å². The Hall–Kier alpha value is -7.82. The van der Waals surface area contributed by atoms with Crippen LogP contribution in [0.15, 0.2) is 72.9 Å². The minimum Gasteiger partial charge on any atom is -0.387 e. The Kier molecular flexibility index (Phi) is 19.8. The van der Waals surface area contributed by atoms with E-state index in [9.17, 15) is 57.4 Å². The van der Waals surface area contributed by atoms with E-state index in [1.54, 1.807) is 37.6 Å². The Morgan fingerprint density at radius 2 is 1.38 bits per heavy atom. The molecule has 382 valence electrons. The highest BCUT2D eigenvalue weighted by Crippen LogP contribution is 2.41. The molecule has 2 heterocycles. The zero-order chi connectivity index (χ0) is 52.7. The van der Waals surface area contributed by atoms with E-state index < -0.39 is 132 Å². The van der Waals surface area contributed by atoms with Gasteiger partial charge in [-0.2, -0.15) is 0 Å². The van der Waals surface area contributed by atoms with Gasteiger partial charge in [0.1, 0.15) is 49.0 Å². The van der Waals surface area contributed by atoms with Crippen LogP contribution in [0.1, 0.15) is 71.7 Å². The number of carbonyl (C=O) groups excluding carboxylic acids is 10. The molecule has 10 amide bonds. The number of nitrogens with two attached hydrogens (primary N) is 1.